The van der Waals surface area contributed by atoms with Crippen LogP contribution >= 0.6 is 0 Å². The summed E-state index contributed by atoms with van der Waals surface area (Å²) < 4.78 is 7.07. The Labute approximate surface area is 123 Å². The third-order valence-corrected chi connectivity index (χ3v) is 3.39. The molecule has 0 aliphatic rings. The van der Waals surface area contributed by atoms with Crippen LogP contribution in [0.2, 0.25) is 0 Å². The van der Waals surface area contributed by atoms with Crippen LogP contribution in [0.4, 0.5) is 0 Å². The molecule has 0 bridgehead atoms. The zero-order valence-corrected chi connectivity index (χ0v) is 12.7. The summed E-state index contributed by atoms with van der Waals surface area (Å²) in [5.41, 5.74) is 2.17. The van der Waals surface area contributed by atoms with Crippen molar-refractivity contribution >= 4 is 22.9 Å². The molecule has 0 fully saturated rings. The van der Waals surface area contributed by atoms with Gasteiger partial charge in [0, 0.05) is 21.1 Å². The fraction of sp³-hybridized carbons (Fsp3) is 0.400. The number of fused-ring (bicyclic) bond motifs is 1. The quantitative estimate of drug-likeness (QED) is 0.800. The first-order valence-corrected chi connectivity index (χ1v) is 6.70. The monoisotopic (exact) mass is 289 g/mol. The molecule has 112 valence electrons. The maximum absolute atomic E-state index is 11.9. The number of amides is 1. The number of aryl methyl sites for hydroxylation is 2. The lowest BCUT2D eigenvalue weighted by Crippen LogP contribution is -2.23. The molecule has 0 radical (unpaired) electrons. The third-order valence-electron chi connectivity index (χ3n) is 3.39. The second-order valence-corrected chi connectivity index (χ2v) is 5.10. The van der Waals surface area contributed by atoms with E-state index < -0.39 is 5.97 Å². The van der Waals surface area contributed by atoms with Crippen LogP contribution < -0.4 is 0 Å². The summed E-state index contributed by atoms with van der Waals surface area (Å²) in [5, 5.41) is 0. The highest BCUT2D eigenvalue weighted by atomic mass is 16.5. The normalized spacial score (nSPS) is 10.7. The number of rotatable bonds is 4. The number of hydrogen-bond donors (Lipinski definition) is 0. The van der Waals surface area contributed by atoms with Crippen LogP contribution in [0.5, 0.6) is 0 Å². The Kier molecular flexibility index (Phi) is 4.26. The molecule has 0 aliphatic carbocycles. The Hall–Kier alpha value is -2.37. The third kappa shape index (κ3) is 3.21. The van der Waals surface area contributed by atoms with E-state index in [0.29, 0.717) is 5.56 Å². The average Bonchev–Trinajstić information content (AvgIpc) is 2.73. The summed E-state index contributed by atoms with van der Waals surface area (Å²) in [6.07, 6.45) is 0.184. The molecule has 0 N–H and O–H groups in total. The summed E-state index contributed by atoms with van der Waals surface area (Å²) >= 11 is 0. The van der Waals surface area contributed by atoms with Crippen molar-refractivity contribution in [3.05, 3.63) is 29.6 Å². The minimum Gasteiger partial charge on any atom is -0.462 e. The largest absolute Gasteiger partial charge is 0.462 e. The molecule has 0 aliphatic heterocycles. The number of carbonyl (C=O) groups is 2. The first-order valence-electron chi connectivity index (χ1n) is 6.70. The van der Waals surface area contributed by atoms with Crippen molar-refractivity contribution in [1.82, 2.24) is 14.5 Å². The van der Waals surface area contributed by atoms with Crippen molar-refractivity contribution in [2.75, 3.05) is 20.7 Å². The minimum atomic E-state index is -0.438. The number of imidazole rings is 1. The van der Waals surface area contributed by atoms with Crippen molar-refractivity contribution < 1.29 is 14.3 Å². The predicted octanol–water partition coefficient (Wildman–Crippen LogP) is 1.52. The van der Waals surface area contributed by atoms with E-state index in [1.807, 2.05) is 24.6 Å². The van der Waals surface area contributed by atoms with Gasteiger partial charge in [-0.3, -0.25) is 4.79 Å². The van der Waals surface area contributed by atoms with Gasteiger partial charge in [-0.25, -0.2) is 9.78 Å². The molecule has 0 spiro atoms. The highest BCUT2D eigenvalue weighted by Crippen LogP contribution is 2.17. The summed E-state index contributed by atoms with van der Waals surface area (Å²) in [6, 6.07) is 5.26. The zero-order valence-electron chi connectivity index (χ0n) is 12.7. The van der Waals surface area contributed by atoms with Gasteiger partial charge in [0.1, 0.15) is 12.4 Å². The van der Waals surface area contributed by atoms with Crippen molar-refractivity contribution in [2.45, 2.75) is 13.3 Å². The van der Waals surface area contributed by atoms with Crippen molar-refractivity contribution in [1.29, 1.82) is 0 Å². The molecule has 0 atom stereocenters. The standard InChI is InChI=1S/C15H19N3O3/c1-10-16-12-9-11(5-6-13(12)18(10)4)15(20)21-8-7-14(19)17(2)3/h5-6,9H,7-8H2,1-4H3. The molecule has 1 aromatic heterocycles. The summed E-state index contributed by atoms with van der Waals surface area (Å²) in [6.45, 7) is 1.99. The minimum absolute atomic E-state index is 0.0707. The van der Waals surface area contributed by atoms with Crippen LogP contribution in [0.15, 0.2) is 18.2 Å². The maximum atomic E-state index is 11.9. The van der Waals surface area contributed by atoms with E-state index in [1.54, 1.807) is 26.2 Å². The van der Waals surface area contributed by atoms with Crippen LogP contribution in [0.25, 0.3) is 11.0 Å². The van der Waals surface area contributed by atoms with Gasteiger partial charge >= 0.3 is 5.97 Å². The average molecular weight is 289 g/mol. The first kappa shape index (κ1) is 15.0. The first-order chi connectivity index (χ1) is 9.90. The number of esters is 1. The molecule has 0 saturated heterocycles. The van der Waals surface area contributed by atoms with Crippen molar-refractivity contribution in [3.8, 4) is 0 Å². The molecular formula is C15H19N3O3. The lowest BCUT2D eigenvalue weighted by atomic mass is 10.2. The summed E-state index contributed by atoms with van der Waals surface area (Å²) in [4.78, 5) is 29.2. The molecule has 2 rings (SSSR count). The topological polar surface area (TPSA) is 64.4 Å². The van der Waals surface area contributed by atoms with Gasteiger partial charge in [-0.2, -0.15) is 0 Å². The molecule has 0 saturated carbocycles. The number of ether oxygens (including phenoxy) is 1. The Morgan fingerprint density at radius 3 is 2.71 bits per heavy atom. The smallest absolute Gasteiger partial charge is 0.338 e. The Morgan fingerprint density at radius 1 is 1.33 bits per heavy atom. The summed E-state index contributed by atoms with van der Waals surface area (Å²) in [5.74, 6) is 0.373. The molecule has 1 amide bonds. The van der Waals surface area contributed by atoms with Crippen LogP contribution in [0, 0.1) is 6.92 Å². The fourth-order valence-electron chi connectivity index (χ4n) is 1.99. The Morgan fingerprint density at radius 2 is 2.05 bits per heavy atom. The van der Waals surface area contributed by atoms with Gasteiger partial charge in [0.2, 0.25) is 5.91 Å². The Bertz CT molecular complexity index is 689. The lowest BCUT2D eigenvalue weighted by molar-refractivity contribution is -0.129. The number of benzene rings is 1. The van der Waals surface area contributed by atoms with E-state index in [1.165, 1.54) is 4.90 Å². The van der Waals surface area contributed by atoms with Crippen LogP contribution in [-0.4, -0.2) is 47.0 Å². The molecule has 1 heterocycles. The van der Waals surface area contributed by atoms with Gasteiger partial charge in [-0.1, -0.05) is 0 Å². The van der Waals surface area contributed by atoms with Gasteiger partial charge in [0.15, 0.2) is 0 Å². The molecule has 6 nitrogen and oxygen atoms in total. The van der Waals surface area contributed by atoms with Gasteiger partial charge in [0.25, 0.3) is 0 Å². The van der Waals surface area contributed by atoms with E-state index >= 15 is 0 Å². The van der Waals surface area contributed by atoms with E-state index in [0.717, 1.165) is 16.9 Å². The van der Waals surface area contributed by atoms with E-state index in [-0.39, 0.29) is 18.9 Å². The van der Waals surface area contributed by atoms with Crippen LogP contribution in [0.3, 0.4) is 0 Å². The highest BCUT2D eigenvalue weighted by molar-refractivity contribution is 5.93. The molecule has 1 aromatic carbocycles. The number of nitrogens with zero attached hydrogens (tertiary/aromatic N) is 3. The van der Waals surface area contributed by atoms with Crippen LogP contribution in [-0.2, 0) is 16.6 Å². The van der Waals surface area contributed by atoms with E-state index in [4.69, 9.17) is 4.74 Å². The number of carbonyl (C=O) groups excluding carboxylic acids is 2. The van der Waals surface area contributed by atoms with Crippen molar-refractivity contribution in [2.24, 2.45) is 7.05 Å². The van der Waals surface area contributed by atoms with Gasteiger partial charge in [-0.05, 0) is 25.1 Å². The maximum Gasteiger partial charge on any atom is 0.338 e. The molecule has 2 aromatic rings. The van der Waals surface area contributed by atoms with E-state index in [2.05, 4.69) is 4.98 Å². The second kappa shape index (κ2) is 5.95. The fourth-order valence-corrected chi connectivity index (χ4v) is 1.99. The highest BCUT2D eigenvalue weighted by Gasteiger charge is 2.12. The van der Waals surface area contributed by atoms with Crippen molar-refractivity contribution in [3.63, 3.8) is 0 Å². The van der Waals surface area contributed by atoms with Gasteiger partial charge < -0.3 is 14.2 Å². The number of aromatic nitrogens is 2. The lowest BCUT2D eigenvalue weighted by Gasteiger charge is -2.10. The summed E-state index contributed by atoms with van der Waals surface area (Å²) in [7, 11) is 5.26. The Balaban J connectivity index is 2.04. The van der Waals surface area contributed by atoms with Gasteiger partial charge in [-0.15, -0.1) is 0 Å². The van der Waals surface area contributed by atoms with E-state index in [9.17, 15) is 9.59 Å². The molecule has 6 heteroatoms. The molecule has 0 unspecified atom stereocenters. The van der Waals surface area contributed by atoms with Gasteiger partial charge in [0.05, 0.1) is 23.0 Å². The van der Waals surface area contributed by atoms with Crippen LogP contribution in [0.1, 0.15) is 22.6 Å². The predicted molar refractivity (Wildman–Crippen MR) is 79.0 cm³/mol. The number of hydrogen-bond acceptors (Lipinski definition) is 4. The molecule has 21 heavy (non-hydrogen) atoms. The zero-order chi connectivity index (χ0) is 15.6. The molecular weight excluding hydrogens is 270 g/mol. The SMILES string of the molecule is Cc1nc2cc(C(=O)OCCC(=O)N(C)C)ccc2n1C. The second-order valence-electron chi connectivity index (χ2n) is 5.10.